The van der Waals surface area contributed by atoms with Gasteiger partial charge in [-0.25, -0.2) is 0 Å². The number of ether oxygens (including phenoxy) is 1. The summed E-state index contributed by atoms with van der Waals surface area (Å²) in [5, 5.41) is 0. The van der Waals surface area contributed by atoms with Gasteiger partial charge in [0, 0.05) is 13.1 Å². The third-order valence-electron chi connectivity index (χ3n) is 5.26. The summed E-state index contributed by atoms with van der Waals surface area (Å²) >= 11 is 0. The molecule has 0 aromatic carbocycles. The van der Waals surface area contributed by atoms with E-state index in [4.69, 9.17) is 4.74 Å². The molecule has 0 spiro atoms. The highest BCUT2D eigenvalue weighted by atomic mass is 16.5. The summed E-state index contributed by atoms with van der Waals surface area (Å²) in [4.78, 5) is 5.14. The van der Waals surface area contributed by atoms with Gasteiger partial charge in [-0.1, -0.05) is 68.2 Å². The lowest BCUT2D eigenvalue weighted by molar-refractivity contribution is -0.0800. The Hall–Kier alpha value is -0.120. The molecule has 0 aliphatic rings. The van der Waals surface area contributed by atoms with Gasteiger partial charge < -0.3 is 14.5 Å². The van der Waals surface area contributed by atoms with E-state index in [0.29, 0.717) is 24.0 Å². The number of rotatable bonds is 16. The maximum atomic E-state index is 6.71. The number of nitrogens with zero attached hydrogens (tertiary/aromatic N) is 2. The quantitative estimate of drug-likeness (QED) is 0.373. The van der Waals surface area contributed by atoms with Gasteiger partial charge in [-0.2, -0.15) is 0 Å². The molecule has 0 bridgehead atoms. The molecule has 0 radical (unpaired) electrons. The SMILES string of the molecule is CCCCN(CC)CC(OC(CN(CC)CCCC)C(C)C)C(C)C. The van der Waals surface area contributed by atoms with Gasteiger partial charge >= 0.3 is 0 Å². The third-order valence-corrected chi connectivity index (χ3v) is 5.26. The molecule has 0 saturated heterocycles. The zero-order valence-corrected chi connectivity index (χ0v) is 18.7. The Morgan fingerprint density at radius 1 is 0.640 bits per heavy atom. The minimum atomic E-state index is 0.328. The van der Waals surface area contributed by atoms with Crippen molar-refractivity contribution in [3.8, 4) is 0 Å². The van der Waals surface area contributed by atoms with E-state index in [2.05, 4.69) is 65.2 Å². The summed E-state index contributed by atoms with van der Waals surface area (Å²) < 4.78 is 6.71. The molecule has 0 fully saturated rings. The predicted octanol–water partition coefficient (Wildman–Crippen LogP) is 5.30. The summed E-state index contributed by atoms with van der Waals surface area (Å²) in [6.45, 7) is 25.1. The molecular weight excluding hydrogens is 308 g/mol. The van der Waals surface area contributed by atoms with Crippen molar-refractivity contribution in [3.63, 3.8) is 0 Å². The van der Waals surface area contributed by atoms with Gasteiger partial charge in [-0.3, -0.25) is 0 Å². The Labute approximate surface area is 159 Å². The molecule has 2 atom stereocenters. The van der Waals surface area contributed by atoms with Gasteiger partial charge in [0.25, 0.3) is 0 Å². The summed E-state index contributed by atoms with van der Waals surface area (Å²) in [6.07, 6.45) is 5.76. The average molecular weight is 357 g/mol. The minimum Gasteiger partial charge on any atom is -0.372 e. The predicted molar refractivity (Wildman–Crippen MR) is 112 cm³/mol. The lowest BCUT2D eigenvalue weighted by Crippen LogP contribution is -2.44. The lowest BCUT2D eigenvalue weighted by atomic mass is 10.0. The number of hydrogen-bond donors (Lipinski definition) is 0. The number of unbranched alkanes of at least 4 members (excludes halogenated alkanes) is 2. The highest BCUT2D eigenvalue weighted by molar-refractivity contribution is 4.75. The molecule has 3 nitrogen and oxygen atoms in total. The van der Waals surface area contributed by atoms with Gasteiger partial charge in [0.05, 0.1) is 12.2 Å². The number of hydrogen-bond acceptors (Lipinski definition) is 3. The standard InChI is InChI=1S/C22H48N2O/c1-9-13-15-23(11-3)17-21(19(5)6)25-22(20(7)8)18-24(12-4)16-14-10-2/h19-22H,9-18H2,1-8H3. The van der Waals surface area contributed by atoms with E-state index < -0.39 is 0 Å². The van der Waals surface area contributed by atoms with Crippen molar-refractivity contribution in [3.05, 3.63) is 0 Å². The van der Waals surface area contributed by atoms with Crippen LogP contribution in [0.4, 0.5) is 0 Å². The van der Waals surface area contributed by atoms with E-state index in [9.17, 15) is 0 Å². The molecule has 0 aromatic heterocycles. The maximum Gasteiger partial charge on any atom is 0.0729 e. The number of likely N-dealkylation sites (N-methyl/N-ethyl adjacent to an activating group) is 2. The van der Waals surface area contributed by atoms with Crippen LogP contribution in [0, 0.1) is 11.8 Å². The molecule has 25 heavy (non-hydrogen) atoms. The normalized spacial score (nSPS) is 14.9. The van der Waals surface area contributed by atoms with E-state index in [1.165, 1.54) is 38.8 Å². The van der Waals surface area contributed by atoms with Crippen LogP contribution in [-0.4, -0.2) is 61.3 Å². The van der Waals surface area contributed by atoms with Crippen LogP contribution in [0.2, 0.25) is 0 Å². The van der Waals surface area contributed by atoms with Crippen LogP contribution >= 0.6 is 0 Å². The van der Waals surface area contributed by atoms with Crippen molar-refractivity contribution < 1.29 is 4.74 Å². The van der Waals surface area contributed by atoms with Crippen molar-refractivity contribution in [1.29, 1.82) is 0 Å². The molecule has 0 saturated carbocycles. The highest BCUT2D eigenvalue weighted by Gasteiger charge is 2.25. The van der Waals surface area contributed by atoms with Crippen LogP contribution in [0.3, 0.4) is 0 Å². The molecule has 0 aromatic rings. The molecule has 152 valence electrons. The van der Waals surface area contributed by atoms with Crippen molar-refractivity contribution in [2.45, 2.75) is 93.3 Å². The van der Waals surface area contributed by atoms with Gasteiger partial charge in [0.1, 0.15) is 0 Å². The Morgan fingerprint density at radius 3 is 1.24 bits per heavy atom. The Kier molecular flexibility index (Phi) is 14.9. The van der Waals surface area contributed by atoms with Crippen molar-refractivity contribution >= 4 is 0 Å². The summed E-state index contributed by atoms with van der Waals surface area (Å²) in [7, 11) is 0. The van der Waals surface area contributed by atoms with Crippen LogP contribution in [0.25, 0.3) is 0 Å². The first-order valence-electron chi connectivity index (χ1n) is 11.0. The Bertz CT molecular complexity index is 266. The Balaban J connectivity index is 4.82. The van der Waals surface area contributed by atoms with Gasteiger partial charge in [-0.15, -0.1) is 0 Å². The molecule has 2 unspecified atom stereocenters. The second kappa shape index (κ2) is 15.0. The van der Waals surface area contributed by atoms with Crippen LogP contribution in [0.1, 0.15) is 81.1 Å². The van der Waals surface area contributed by atoms with Crippen LogP contribution < -0.4 is 0 Å². The zero-order chi connectivity index (χ0) is 19.2. The molecule has 0 N–H and O–H groups in total. The van der Waals surface area contributed by atoms with E-state index >= 15 is 0 Å². The van der Waals surface area contributed by atoms with E-state index in [0.717, 1.165) is 26.2 Å². The summed E-state index contributed by atoms with van der Waals surface area (Å²) in [5.74, 6) is 1.12. The van der Waals surface area contributed by atoms with Gasteiger partial charge in [0.15, 0.2) is 0 Å². The molecule has 0 amide bonds. The maximum absolute atomic E-state index is 6.71. The van der Waals surface area contributed by atoms with Crippen LogP contribution in [-0.2, 0) is 4.74 Å². The molecule has 0 heterocycles. The first-order chi connectivity index (χ1) is 11.9. The lowest BCUT2D eigenvalue weighted by Gasteiger charge is -2.35. The highest BCUT2D eigenvalue weighted by Crippen LogP contribution is 2.18. The molecule has 0 aliphatic carbocycles. The fourth-order valence-corrected chi connectivity index (χ4v) is 3.08. The van der Waals surface area contributed by atoms with Gasteiger partial charge in [0.2, 0.25) is 0 Å². The molecule has 3 heteroatoms. The largest absolute Gasteiger partial charge is 0.372 e. The first kappa shape index (κ1) is 24.9. The fraction of sp³-hybridized carbons (Fsp3) is 1.00. The van der Waals surface area contributed by atoms with Crippen molar-refractivity contribution in [1.82, 2.24) is 9.80 Å². The smallest absolute Gasteiger partial charge is 0.0729 e. The molecule has 0 aliphatic heterocycles. The monoisotopic (exact) mass is 356 g/mol. The third kappa shape index (κ3) is 11.2. The summed E-state index contributed by atoms with van der Waals surface area (Å²) in [5.41, 5.74) is 0. The first-order valence-corrected chi connectivity index (χ1v) is 11.0. The van der Waals surface area contributed by atoms with E-state index in [1.807, 2.05) is 0 Å². The molecule has 0 rings (SSSR count). The summed E-state index contributed by atoms with van der Waals surface area (Å²) in [6, 6.07) is 0. The van der Waals surface area contributed by atoms with Crippen LogP contribution in [0.15, 0.2) is 0 Å². The topological polar surface area (TPSA) is 15.7 Å². The van der Waals surface area contributed by atoms with Crippen molar-refractivity contribution in [2.24, 2.45) is 11.8 Å². The van der Waals surface area contributed by atoms with E-state index in [1.54, 1.807) is 0 Å². The molecular formula is C22H48N2O. The second-order valence-corrected chi connectivity index (χ2v) is 8.19. The van der Waals surface area contributed by atoms with Crippen LogP contribution in [0.5, 0.6) is 0 Å². The fourth-order valence-electron chi connectivity index (χ4n) is 3.08. The Morgan fingerprint density at radius 2 is 1.00 bits per heavy atom. The minimum absolute atomic E-state index is 0.328. The van der Waals surface area contributed by atoms with E-state index in [-0.39, 0.29) is 0 Å². The second-order valence-electron chi connectivity index (χ2n) is 8.19. The van der Waals surface area contributed by atoms with Crippen molar-refractivity contribution in [2.75, 3.05) is 39.3 Å². The zero-order valence-electron chi connectivity index (χ0n) is 18.7. The average Bonchev–Trinajstić information content (AvgIpc) is 2.59. The van der Waals surface area contributed by atoms with Gasteiger partial charge in [-0.05, 0) is 50.9 Å².